The zero-order valence-corrected chi connectivity index (χ0v) is 6.25. The summed E-state index contributed by atoms with van der Waals surface area (Å²) in [5, 5.41) is 0. The third kappa shape index (κ3) is 1.45. The Balaban J connectivity index is 2.50. The van der Waals surface area contributed by atoms with Crippen LogP contribution < -0.4 is 0 Å². The van der Waals surface area contributed by atoms with Crippen molar-refractivity contribution in [1.29, 1.82) is 0 Å². The van der Waals surface area contributed by atoms with Gasteiger partial charge in [-0.1, -0.05) is 0 Å². The van der Waals surface area contributed by atoms with Gasteiger partial charge in [0.25, 0.3) is 0 Å². The number of hydrogen-bond donors (Lipinski definition) is 1. The number of aromatic amines is 1. The molecule has 3 nitrogen and oxygen atoms in total. The van der Waals surface area contributed by atoms with Crippen molar-refractivity contribution in [2.45, 2.75) is 6.61 Å². The van der Waals surface area contributed by atoms with Crippen molar-refractivity contribution in [3.63, 3.8) is 0 Å². The van der Waals surface area contributed by atoms with Gasteiger partial charge in [-0.15, -0.1) is 0 Å². The highest BCUT2D eigenvalue weighted by atomic mass is 127. The fourth-order valence-electron chi connectivity index (χ4n) is 0.422. The number of hydrogen-bond acceptors (Lipinski definition) is 2. The number of imidazole rings is 1. The average Bonchev–Trinajstić information content (AvgIpc) is 2.19. The molecule has 44 valence electrons. The fourth-order valence-corrected chi connectivity index (χ4v) is 0.758. The van der Waals surface area contributed by atoms with Gasteiger partial charge in [-0.05, 0) is 0 Å². The van der Waals surface area contributed by atoms with Crippen LogP contribution in [0.3, 0.4) is 0 Å². The van der Waals surface area contributed by atoms with Crippen molar-refractivity contribution in [2.24, 2.45) is 0 Å². The highest BCUT2D eigenvalue weighted by molar-refractivity contribution is 14.1. The zero-order valence-electron chi connectivity index (χ0n) is 4.10. The number of nitrogens with one attached hydrogen (secondary N) is 1. The SMILES string of the molecule is IOCc1cnc[nH]1. The Kier molecular flexibility index (Phi) is 2.28. The molecule has 0 bridgehead atoms. The van der Waals surface area contributed by atoms with Crippen molar-refractivity contribution in [2.75, 3.05) is 0 Å². The van der Waals surface area contributed by atoms with Crippen LogP contribution in [0, 0.1) is 0 Å². The van der Waals surface area contributed by atoms with Gasteiger partial charge in [-0.3, -0.25) is 0 Å². The van der Waals surface area contributed by atoms with Crippen molar-refractivity contribution in [3.8, 4) is 0 Å². The number of aromatic nitrogens is 2. The molecule has 0 radical (unpaired) electrons. The van der Waals surface area contributed by atoms with Gasteiger partial charge in [0.1, 0.15) is 29.6 Å². The molecule has 0 atom stereocenters. The van der Waals surface area contributed by atoms with Crippen LogP contribution in [-0.2, 0) is 9.67 Å². The molecule has 0 aliphatic rings. The first-order valence-corrected chi connectivity index (χ1v) is 3.02. The predicted octanol–water partition coefficient (Wildman–Crippen LogP) is 1.28. The van der Waals surface area contributed by atoms with Crippen molar-refractivity contribution >= 4 is 23.0 Å². The van der Waals surface area contributed by atoms with E-state index in [9.17, 15) is 0 Å². The summed E-state index contributed by atoms with van der Waals surface area (Å²) in [6.07, 6.45) is 3.36. The first kappa shape index (κ1) is 6.03. The Morgan fingerprint density at radius 2 is 2.75 bits per heavy atom. The molecule has 1 aromatic heterocycles. The largest absolute Gasteiger partial charge is 0.347 e. The highest BCUT2D eigenvalue weighted by Gasteiger charge is 1.88. The molecule has 1 rings (SSSR count). The lowest BCUT2D eigenvalue weighted by Crippen LogP contribution is -1.80. The molecule has 1 heterocycles. The van der Waals surface area contributed by atoms with Gasteiger partial charge in [0.2, 0.25) is 0 Å². The van der Waals surface area contributed by atoms with E-state index in [-0.39, 0.29) is 0 Å². The van der Waals surface area contributed by atoms with Gasteiger partial charge in [-0.25, -0.2) is 4.98 Å². The van der Waals surface area contributed by atoms with Crippen LogP contribution in [0.25, 0.3) is 0 Å². The fraction of sp³-hybridized carbons (Fsp3) is 0.250. The van der Waals surface area contributed by atoms with Gasteiger partial charge < -0.3 is 8.05 Å². The Hall–Kier alpha value is -0.100. The zero-order chi connectivity index (χ0) is 5.82. The lowest BCUT2D eigenvalue weighted by atomic mass is 10.5. The highest BCUT2D eigenvalue weighted by Crippen LogP contribution is 1.96. The van der Waals surface area contributed by atoms with E-state index in [1.807, 2.05) is 23.0 Å². The second-order valence-electron chi connectivity index (χ2n) is 1.33. The summed E-state index contributed by atoms with van der Waals surface area (Å²) in [4.78, 5) is 6.70. The summed E-state index contributed by atoms with van der Waals surface area (Å²) in [5.74, 6) is 0. The number of rotatable bonds is 2. The maximum absolute atomic E-state index is 4.78. The Morgan fingerprint density at radius 3 is 3.25 bits per heavy atom. The minimum absolute atomic E-state index is 0.598. The van der Waals surface area contributed by atoms with Gasteiger partial charge in [0, 0.05) is 0 Å². The normalized spacial score (nSPS) is 9.62. The summed E-state index contributed by atoms with van der Waals surface area (Å²) in [7, 11) is 0. The minimum Gasteiger partial charge on any atom is -0.347 e. The topological polar surface area (TPSA) is 37.9 Å². The van der Waals surface area contributed by atoms with E-state index in [1.54, 1.807) is 12.5 Å². The second kappa shape index (κ2) is 3.03. The maximum atomic E-state index is 4.78. The van der Waals surface area contributed by atoms with E-state index >= 15 is 0 Å². The summed E-state index contributed by atoms with van der Waals surface area (Å²) < 4.78 is 4.78. The molecule has 0 amide bonds. The molecule has 0 aliphatic heterocycles. The Bertz CT molecular complexity index is 140. The van der Waals surface area contributed by atoms with Gasteiger partial charge in [0.05, 0.1) is 18.2 Å². The molecule has 0 unspecified atom stereocenters. The molecular weight excluding hydrogens is 219 g/mol. The number of nitrogens with zero attached hydrogens (tertiary/aromatic N) is 1. The molecule has 0 fully saturated rings. The molecule has 1 aromatic rings. The quantitative estimate of drug-likeness (QED) is 0.768. The summed E-state index contributed by atoms with van der Waals surface area (Å²) >= 11 is 1.84. The number of H-pyrrole nitrogens is 1. The molecule has 0 saturated heterocycles. The van der Waals surface area contributed by atoms with E-state index in [4.69, 9.17) is 3.07 Å². The molecule has 1 N–H and O–H groups in total. The lowest BCUT2D eigenvalue weighted by Gasteiger charge is -1.86. The molecule has 0 spiro atoms. The van der Waals surface area contributed by atoms with Crippen molar-refractivity contribution in [1.82, 2.24) is 9.97 Å². The monoisotopic (exact) mass is 224 g/mol. The van der Waals surface area contributed by atoms with E-state index in [2.05, 4.69) is 9.97 Å². The summed E-state index contributed by atoms with van der Waals surface area (Å²) in [6, 6.07) is 0. The first-order chi connectivity index (χ1) is 3.93. The van der Waals surface area contributed by atoms with Crippen molar-refractivity contribution < 1.29 is 3.07 Å². The third-order valence-corrected chi connectivity index (χ3v) is 1.08. The van der Waals surface area contributed by atoms with Crippen LogP contribution in [0.5, 0.6) is 0 Å². The van der Waals surface area contributed by atoms with Crippen LogP contribution in [0.15, 0.2) is 12.5 Å². The number of halogens is 1. The van der Waals surface area contributed by atoms with E-state index < -0.39 is 0 Å². The maximum Gasteiger partial charge on any atom is 0.110 e. The smallest absolute Gasteiger partial charge is 0.110 e. The van der Waals surface area contributed by atoms with Gasteiger partial charge in [0.15, 0.2) is 0 Å². The Labute approximate surface area is 61.2 Å². The third-order valence-electron chi connectivity index (χ3n) is 0.765. The van der Waals surface area contributed by atoms with Crippen LogP contribution in [0.4, 0.5) is 0 Å². The molecule has 8 heavy (non-hydrogen) atoms. The molecular formula is C4H5IN2O. The van der Waals surface area contributed by atoms with Crippen LogP contribution in [0.2, 0.25) is 0 Å². The van der Waals surface area contributed by atoms with Crippen LogP contribution in [0.1, 0.15) is 5.69 Å². The van der Waals surface area contributed by atoms with Crippen LogP contribution >= 0.6 is 23.0 Å². The Morgan fingerprint density at radius 1 is 1.88 bits per heavy atom. The van der Waals surface area contributed by atoms with Crippen molar-refractivity contribution in [3.05, 3.63) is 18.2 Å². The first-order valence-electron chi connectivity index (χ1n) is 2.14. The molecule has 0 aliphatic carbocycles. The van der Waals surface area contributed by atoms with Crippen LogP contribution in [-0.4, -0.2) is 9.97 Å². The standard InChI is InChI=1S/C4H5IN2O/c5-8-2-4-1-6-3-7-4/h1,3H,2H2,(H,6,7). The summed E-state index contributed by atoms with van der Waals surface area (Å²) in [6.45, 7) is 0.598. The average molecular weight is 224 g/mol. The van der Waals surface area contributed by atoms with E-state index in [1.165, 1.54) is 0 Å². The van der Waals surface area contributed by atoms with Gasteiger partial charge in [-0.2, -0.15) is 0 Å². The predicted molar refractivity (Wildman–Crippen MR) is 37.4 cm³/mol. The second-order valence-corrected chi connectivity index (χ2v) is 1.95. The van der Waals surface area contributed by atoms with Gasteiger partial charge >= 0.3 is 0 Å². The molecule has 4 heteroatoms. The molecule has 0 aromatic carbocycles. The lowest BCUT2D eigenvalue weighted by molar-refractivity contribution is 0.412. The summed E-state index contributed by atoms with van der Waals surface area (Å²) in [5.41, 5.74) is 0.999. The van der Waals surface area contributed by atoms with E-state index in [0.717, 1.165) is 5.69 Å². The molecule has 0 saturated carbocycles. The minimum atomic E-state index is 0.598. The van der Waals surface area contributed by atoms with E-state index in [0.29, 0.717) is 6.61 Å².